The van der Waals surface area contributed by atoms with E-state index in [4.69, 9.17) is 0 Å². The number of likely N-dealkylation sites (tertiary alicyclic amines) is 1. The number of piperidine rings is 1. The first-order valence-electron chi connectivity index (χ1n) is 10.2. The molecule has 0 radical (unpaired) electrons. The fourth-order valence-electron chi connectivity index (χ4n) is 4.23. The second kappa shape index (κ2) is 7.70. The standard InChI is InChI=1S/C22H23N7O/c1-28-10-8-23-21(28)19-12-16(24-14-25-19)11-15-5-4-9-29(13-15)22(30)20-17-6-2-3-7-18(17)26-27-20/h2-3,6-8,10,12,14-15H,4-5,9,11,13H2,1H3,(H,26,27)/t15-/m1/s1. The summed E-state index contributed by atoms with van der Waals surface area (Å²) in [5, 5.41) is 8.12. The summed E-state index contributed by atoms with van der Waals surface area (Å²) in [6.07, 6.45) is 8.13. The highest BCUT2D eigenvalue weighted by Crippen LogP contribution is 2.24. The summed E-state index contributed by atoms with van der Waals surface area (Å²) in [6.45, 7) is 1.47. The van der Waals surface area contributed by atoms with Crippen LogP contribution in [-0.2, 0) is 13.5 Å². The van der Waals surface area contributed by atoms with Gasteiger partial charge in [0.1, 0.15) is 12.0 Å². The molecular formula is C22H23N7O. The number of imidazole rings is 1. The molecule has 0 aliphatic carbocycles. The Labute approximate surface area is 174 Å². The number of hydrogen-bond acceptors (Lipinski definition) is 5. The minimum Gasteiger partial charge on any atom is -0.337 e. The molecule has 1 saturated heterocycles. The van der Waals surface area contributed by atoms with Crippen molar-refractivity contribution >= 4 is 16.8 Å². The number of aryl methyl sites for hydroxylation is 1. The van der Waals surface area contributed by atoms with Crippen molar-refractivity contribution < 1.29 is 4.79 Å². The second-order valence-electron chi connectivity index (χ2n) is 7.84. The lowest BCUT2D eigenvalue weighted by Crippen LogP contribution is -2.40. The van der Waals surface area contributed by atoms with Gasteiger partial charge in [0, 0.05) is 43.6 Å². The zero-order chi connectivity index (χ0) is 20.5. The Balaban J connectivity index is 1.31. The molecule has 5 rings (SSSR count). The van der Waals surface area contributed by atoms with Gasteiger partial charge in [-0.15, -0.1) is 0 Å². The van der Waals surface area contributed by atoms with Crippen LogP contribution in [0.1, 0.15) is 29.0 Å². The molecule has 4 aromatic rings. The van der Waals surface area contributed by atoms with Crippen LogP contribution in [0.25, 0.3) is 22.4 Å². The van der Waals surface area contributed by atoms with Crippen LogP contribution >= 0.6 is 0 Å². The van der Waals surface area contributed by atoms with Gasteiger partial charge >= 0.3 is 0 Å². The number of para-hydroxylation sites is 1. The first-order chi connectivity index (χ1) is 14.7. The van der Waals surface area contributed by atoms with Gasteiger partial charge in [0.25, 0.3) is 5.91 Å². The lowest BCUT2D eigenvalue weighted by Gasteiger charge is -2.32. The number of nitrogens with zero attached hydrogens (tertiary/aromatic N) is 6. The molecule has 1 N–H and O–H groups in total. The van der Waals surface area contributed by atoms with E-state index < -0.39 is 0 Å². The predicted octanol–water partition coefficient (Wildman–Crippen LogP) is 2.85. The number of fused-ring (bicyclic) bond motifs is 1. The van der Waals surface area contributed by atoms with Crippen LogP contribution in [0.2, 0.25) is 0 Å². The van der Waals surface area contributed by atoms with Crippen molar-refractivity contribution in [3.63, 3.8) is 0 Å². The number of carbonyl (C=O) groups is 1. The number of amides is 1. The molecule has 8 nitrogen and oxygen atoms in total. The average Bonchev–Trinajstić information content (AvgIpc) is 3.40. The maximum atomic E-state index is 13.1. The highest BCUT2D eigenvalue weighted by molar-refractivity contribution is 6.04. The molecule has 0 unspecified atom stereocenters. The van der Waals surface area contributed by atoms with E-state index in [0.717, 1.165) is 53.9 Å². The summed E-state index contributed by atoms with van der Waals surface area (Å²) in [4.78, 5) is 28.3. The van der Waals surface area contributed by atoms with Crippen molar-refractivity contribution in [1.29, 1.82) is 0 Å². The van der Waals surface area contributed by atoms with Gasteiger partial charge in [-0.2, -0.15) is 5.10 Å². The smallest absolute Gasteiger partial charge is 0.275 e. The third-order valence-corrected chi connectivity index (χ3v) is 5.75. The Kier molecular flexibility index (Phi) is 4.74. The van der Waals surface area contributed by atoms with Crippen molar-refractivity contribution in [1.82, 2.24) is 34.6 Å². The number of hydrogen-bond donors (Lipinski definition) is 1. The SMILES string of the molecule is Cn1ccnc1-c1cc(C[C@H]2CCCN(C(=O)c3n[nH]c4ccccc34)C2)ncn1. The molecule has 1 aliphatic heterocycles. The van der Waals surface area contributed by atoms with Crippen LogP contribution in [0.3, 0.4) is 0 Å². The number of H-pyrrole nitrogens is 1. The fraction of sp³-hybridized carbons (Fsp3) is 0.318. The van der Waals surface area contributed by atoms with Crippen molar-refractivity contribution in [3.05, 3.63) is 60.4 Å². The molecule has 1 fully saturated rings. The third kappa shape index (κ3) is 3.45. The Hall–Kier alpha value is -3.55. The van der Waals surface area contributed by atoms with E-state index in [9.17, 15) is 4.79 Å². The first kappa shape index (κ1) is 18.5. The van der Waals surface area contributed by atoms with E-state index in [0.29, 0.717) is 18.2 Å². The lowest BCUT2D eigenvalue weighted by molar-refractivity contribution is 0.0668. The van der Waals surface area contributed by atoms with Gasteiger partial charge in [0.2, 0.25) is 0 Å². The van der Waals surface area contributed by atoms with Crippen LogP contribution in [-0.4, -0.2) is 53.6 Å². The van der Waals surface area contributed by atoms with Gasteiger partial charge < -0.3 is 9.47 Å². The Morgan fingerprint density at radius 2 is 2.13 bits per heavy atom. The maximum absolute atomic E-state index is 13.1. The van der Waals surface area contributed by atoms with Gasteiger partial charge in [-0.05, 0) is 37.3 Å². The number of carbonyl (C=O) groups excluding carboxylic acids is 1. The van der Waals surface area contributed by atoms with Crippen molar-refractivity contribution in [2.24, 2.45) is 13.0 Å². The number of nitrogens with one attached hydrogen (secondary N) is 1. The number of benzene rings is 1. The summed E-state index contributed by atoms with van der Waals surface area (Å²) in [5.41, 5.74) is 3.19. The Bertz CT molecular complexity index is 1190. The zero-order valence-electron chi connectivity index (χ0n) is 16.8. The summed E-state index contributed by atoms with van der Waals surface area (Å²) < 4.78 is 1.95. The minimum absolute atomic E-state index is 0.00598. The average molecular weight is 401 g/mol. The molecule has 30 heavy (non-hydrogen) atoms. The van der Waals surface area contributed by atoms with E-state index in [1.54, 1.807) is 12.5 Å². The van der Waals surface area contributed by atoms with E-state index in [2.05, 4.69) is 25.1 Å². The fourth-order valence-corrected chi connectivity index (χ4v) is 4.23. The van der Waals surface area contributed by atoms with Gasteiger partial charge in [-0.1, -0.05) is 18.2 Å². The van der Waals surface area contributed by atoms with E-state index in [1.807, 2.05) is 53.0 Å². The number of rotatable bonds is 4. The largest absolute Gasteiger partial charge is 0.337 e. The Morgan fingerprint density at radius 3 is 3.00 bits per heavy atom. The van der Waals surface area contributed by atoms with E-state index in [1.165, 1.54) is 0 Å². The Morgan fingerprint density at radius 1 is 1.23 bits per heavy atom. The van der Waals surface area contributed by atoms with Crippen molar-refractivity contribution in [2.45, 2.75) is 19.3 Å². The minimum atomic E-state index is -0.00598. The van der Waals surface area contributed by atoms with Gasteiger partial charge in [0.15, 0.2) is 11.5 Å². The number of aromatic amines is 1. The molecule has 8 heteroatoms. The molecular weight excluding hydrogens is 378 g/mol. The molecule has 4 heterocycles. The molecule has 0 saturated carbocycles. The topological polar surface area (TPSA) is 92.6 Å². The predicted molar refractivity (Wildman–Crippen MR) is 113 cm³/mol. The molecule has 1 atom stereocenters. The molecule has 1 aromatic carbocycles. The van der Waals surface area contributed by atoms with Gasteiger partial charge in [-0.3, -0.25) is 9.89 Å². The highest BCUT2D eigenvalue weighted by atomic mass is 16.2. The summed E-state index contributed by atoms with van der Waals surface area (Å²) >= 11 is 0. The second-order valence-corrected chi connectivity index (χ2v) is 7.84. The van der Waals surface area contributed by atoms with Crippen molar-refractivity contribution in [2.75, 3.05) is 13.1 Å². The van der Waals surface area contributed by atoms with E-state index in [-0.39, 0.29) is 5.91 Å². The van der Waals surface area contributed by atoms with Crippen LogP contribution < -0.4 is 0 Å². The van der Waals surface area contributed by atoms with Gasteiger partial charge in [-0.25, -0.2) is 15.0 Å². The van der Waals surface area contributed by atoms with Crippen LogP contribution in [0.4, 0.5) is 0 Å². The summed E-state index contributed by atoms with van der Waals surface area (Å²) in [6, 6.07) is 9.75. The zero-order valence-corrected chi connectivity index (χ0v) is 16.8. The molecule has 3 aromatic heterocycles. The maximum Gasteiger partial charge on any atom is 0.275 e. The molecule has 1 aliphatic rings. The van der Waals surface area contributed by atoms with Crippen LogP contribution in [0.15, 0.2) is 49.1 Å². The third-order valence-electron chi connectivity index (χ3n) is 5.75. The van der Waals surface area contributed by atoms with Crippen LogP contribution in [0.5, 0.6) is 0 Å². The highest BCUT2D eigenvalue weighted by Gasteiger charge is 2.27. The lowest BCUT2D eigenvalue weighted by atomic mass is 9.92. The van der Waals surface area contributed by atoms with Gasteiger partial charge in [0.05, 0.1) is 5.52 Å². The molecule has 0 spiro atoms. The van der Waals surface area contributed by atoms with Crippen LogP contribution in [0, 0.1) is 5.92 Å². The summed E-state index contributed by atoms with van der Waals surface area (Å²) in [7, 11) is 1.95. The molecule has 0 bridgehead atoms. The monoisotopic (exact) mass is 401 g/mol. The molecule has 1 amide bonds. The normalized spacial score (nSPS) is 16.8. The van der Waals surface area contributed by atoms with Crippen molar-refractivity contribution in [3.8, 4) is 11.5 Å². The van der Waals surface area contributed by atoms with E-state index >= 15 is 0 Å². The quantitative estimate of drug-likeness (QED) is 0.568. The summed E-state index contributed by atoms with van der Waals surface area (Å²) in [5.74, 6) is 1.18. The number of aromatic nitrogens is 6. The first-order valence-corrected chi connectivity index (χ1v) is 10.2. The molecule has 152 valence electrons.